The maximum absolute atomic E-state index is 11.0. The van der Waals surface area contributed by atoms with Crippen LogP contribution in [0.1, 0.15) is 24.5 Å². The van der Waals surface area contributed by atoms with E-state index in [-0.39, 0.29) is 12.6 Å². The van der Waals surface area contributed by atoms with Crippen molar-refractivity contribution in [1.82, 2.24) is 5.32 Å². The standard InChI is InChI=1S/C13H19NO3/c1-2-17-13(16)7-8-14-9-11-3-5-12(10-15)6-4-11/h3-6,14-15H,2,7-10H2,1H3. The van der Waals surface area contributed by atoms with Gasteiger partial charge < -0.3 is 15.2 Å². The number of carbonyl (C=O) groups is 1. The van der Waals surface area contributed by atoms with Gasteiger partial charge in [0.2, 0.25) is 0 Å². The van der Waals surface area contributed by atoms with Gasteiger partial charge in [-0.3, -0.25) is 4.79 Å². The first-order valence-corrected chi connectivity index (χ1v) is 5.81. The van der Waals surface area contributed by atoms with Crippen molar-refractivity contribution in [2.45, 2.75) is 26.5 Å². The second kappa shape index (κ2) is 7.81. The molecule has 1 aromatic rings. The molecule has 0 fully saturated rings. The van der Waals surface area contributed by atoms with Gasteiger partial charge in [-0.1, -0.05) is 24.3 Å². The van der Waals surface area contributed by atoms with Gasteiger partial charge in [0.15, 0.2) is 0 Å². The Morgan fingerprint density at radius 1 is 1.29 bits per heavy atom. The molecule has 4 heteroatoms. The molecule has 1 rings (SSSR count). The van der Waals surface area contributed by atoms with E-state index in [0.29, 0.717) is 26.1 Å². The summed E-state index contributed by atoms with van der Waals surface area (Å²) in [6.45, 7) is 3.62. The maximum atomic E-state index is 11.0. The minimum absolute atomic E-state index is 0.0660. The molecular weight excluding hydrogens is 218 g/mol. The minimum Gasteiger partial charge on any atom is -0.466 e. The Balaban J connectivity index is 2.19. The topological polar surface area (TPSA) is 58.6 Å². The lowest BCUT2D eigenvalue weighted by Crippen LogP contribution is -2.19. The van der Waals surface area contributed by atoms with Gasteiger partial charge in [0, 0.05) is 13.1 Å². The van der Waals surface area contributed by atoms with Crippen LogP contribution in [-0.4, -0.2) is 24.2 Å². The fraction of sp³-hybridized carbons (Fsp3) is 0.462. The largest absolute Gasteiger partial charge is 0.466 e. The molecule has 0 aliphatic rings. The number of carbonyl (C=O) groups excluding carboxylic acids is 1. The quantitative estimate of drug-likeness (QED) is 0.553. The predicted molar refractivity (Wildman–Crippen MR) is 65.3 cm³/mol. The summed E-state index contributed by atoms with van der Waals surface area (Å²) < 4.78 is 4.82. The van der Waals surface area contributed by atoms with Gasteiger partial charge in [0.05, 0.1) is 19.6 Å². The third kappa shape index (κ3) is 5.47. The summed E-state index contributed by atoms with van der Waals surface area (Å²) in [6, 6.07) is 7.70. The first-order valence-electron chi connectivity index (χ1n) is 5.81. The molecule has 1 aromatic carbocycles. The summed E-state index contributed by atoms with van der Waals surface area (Å²) in [5, 5.41) is 12.1. The molecule has 2 N–H and O–H groups in total. The Kier molecular flexibility index (Phi) is 6.29. The average molecular weight is 237 g/mol. The van der Waals surface area contributed by atoms with Crippen molar-refractivity contribution in [3.05, 3.63) is 35.4 Å². The Morgan fingerprint density at radius 2 is 1.94 bits per heavy atom. The van der Waals surface area contributed by atoms with Crippen LogP contribution in [0.5, 0.6) is 0 Å². The molecule has 0 bridgehead atoms. The van der Waals surface area contributed by atoms with Crippen molar-refractivity contribution >= 4 is 5.97 Å². The number of hydrogen-bond donors (Lipinski definition) is 2. The first kappa shape index (κ1) is 13.7. The SMILES string of the molecule is CCOC(=O)CCNCc1ccc(CO)cc1. The van der Waals surface area contributed by atoms with Gasteiger partial charge in [0.25, 0.3) is 0 Å². The lowest BCUT2D eigenvalue weighted by atomic mass is 10.1. The highest BCUT2D eigenvalue weighted by molar-refractivity contribution is 5.69. The van der Waals surface area contributed by atoms with Crippen molar-refractivity contribution in [2.75, 3.05) is 13.2 Å². The second-order valence-electron chi connectivity index (χ2n) is 3.71. The highest BCUT2D eigenvalue weighted by Gasteiger charge is 2.00. The third-order valence-corrected chi connectivity index (χ3v) is 2.35. The van der Waals surface area contributed by atoms with Crippen LogP contribution >= 0.6 is 0 Å². The number of esters is 1. The molecule has 0 saturated carbocycles. The lowest BCUT2D eigenvalue weighted by molar-refractivity contribution is -0.142. The molecule has 0 spiro atoms. The van der Waals surface area contributed by atoms with Gasteiger partial charge in [-0.15, -0.1) is 0 Å². The molecule has 94 valence electrons. The normalized spacial score (nSPS) is 10.2. The van der Waals surface area contributed by atoms with Crippen LogP contribution in [0.15, 0.2) is 24.3 Å². The minimum atomic E-state index is -0.171. The number of aliphatic hydroxyl groups is 1. The third-order valence-electron chi connectivity index (χ3n) is 2.35. The molecule has 0 saturated heterocycles. The second-order valence-corrected chi connectivity index (χ2v) is 3.71. The van der Waals surface area contributed by atoms with Crippen molar-refractivity contribution in [3.63, 3.8) is 0 Å². The number of hydrogen-bond acceptors (Lipinski definition) is 4. The maximum Gasteiger partial charge on any atom is 0.307 e. The Bertz CT molecular complexity index is 335. The molecule has 17 heavy (non-hydrogen) atoms. The molecule has 0 aliphatic heterocycles. The van der Waals surface area contributed by atoms with Crippen molar-refractivity contribution < 1.29 is 14.6 Å². The fourth-order valence-corrected chi connectivity index (χ4v) is 1.42. The summed E-state index contributed by atoms with van der Waals surface area (Å²) in [6.07, 6.45) is 0.391. The smallest absolute Gasteiger partial charge is 0.307 e. The molecule has 0 amide bonds. The van der Waals surface area contributed by atoms with Crippen LogP contribution in [0.3, 0.4) is 0 Å². The van der Waals surface area contributed by atoms with Crippen LogP contribution in [0.25, 0.3) is 0 Å². The number of rotatable bonds is 7. The van der Waals surface area contributed by atoms with Gasteiger partial charge in [-0.05, 0) is 18.1 Å². The zero-order valence-corrected chi connectivity index (χ0v) is 10.1. The molecule has 4 nitrogen and oxygen atoms in total. The van der Waals surface area contributed by atoms with Crippen LogP contribution < -0.4 is 5.32 Å². The molecule has 0 unspecified atom stereocenters. The van der Waals surface area contributed by atoms with E-state index in [4.69, 9.17) is 9.84 Å². The van der Waals surface area contributed by atoms with Crippen LogP contribution in [0.2, 0.25) is 0 Å². The molecule has 0 aromatic heterocycles. The summed E-state index contributed by atoms with van der Waals surface area (Å²) in [5.74, 6) is -0.171. The Labute approximate surface area is 102 Å². The highest BCUT2D eigenvalue weighted by Crippen LogP contribution is 2.03. The van der Waals surface area contributed by atoms with E-state index in [1.165, 1.54) is 0 Å². The monoisotopic (exact) mass is 237 g/mol. The summed E-state index contributed by atoms with van der Waals surface area (Å²) >= 11 is 0. The molecular formula is C13H19NO3. The van der Waals surface area contributed by atoms with E-state index in [1.807, 2.05) is 24.3 Å². The van der Waals surface area contributed by atoms with Crippen LogP contribution in [0.4, 0.5) is 0 Å². The Morgan fingerprint density at radius 3 is 2.53 bits per heavy atom. The molecule has 0 aliphatic carbocycles. The molecule has 0 atom stereocenters. The number of nitrogens with one attached hydrogen (secondary N) is 1. The van der Waals surface area contributed by atoms with Gasteiger partial charge >= 0.3 is 5.97 Å². The van der Waals surface area contributed by atoms with Crippen molar-refractivity contribution in [3.8, 4) is 0 Å². The molecule has 0 radical (unpaired) electrons. The van der Waals surface area contributed by atoms with E-state index >= 15 is 0 Å². The highest BCUT2D eigenvalue weighted by atomic mass is 16.5. The van der Waals surface area contributed by atoms with E-state index in [0.717, 1.165) is 11.1 Å². The molecule has 0 heterocycles. The number of aliphatic hydroxyl groups excluding tert-OH is 1. The van der Waals surface area contributed by atoms with Crippen molar-refractivity contribution in [2.24, 2.45) is 0 Å². The summed E-state index contributed by atoms with van der Waals surface area (Å²) in [5.41, 5.74) is 2.03. The van der Waals surface area contributed by atoms with Gasteiger partial charge in [0.1, 0.15) is 0 Å². The van der Waals surface area contributed by atoms with Gasteiger partial charge in [-0.25, -0.2) is 0 Å². The Hall–Kier alpha value is -1.39. The van der Waals surface area contributed by atoms with E-state index in [1.54, 1.807) is 6.92 Å². The average Bonchev–Trinajstić information content (AvgIpc) is 2.36. The van der Waals surface area contributed by atoms with E-state index < -0.39 is 0 Å². The van der Waals surface area contributed by atoms with Gasteiger partial charge in [-0.2, -0.15) is 0 Å². The van der Waals surface area contributed by atoms with Crippen LogP contribution in [0, 0.1) is 0 Å². The zero-order chi connectivity index (χ0) is 12.5. The first-order chi connectivity index (χ1) is 8.26. The predicted octanol–water partition coefficient (Wildman–Crippen LogP) is 1.22. The number of ether oxygens (including phenoxy) is 1. The van der Waals surface area contributed by atoms with Crippen LogP contribution in [-0.2, 0) is 22.7 Å². The van der Waals surface area contributed by atoms with E-state index in [9.17, 15) is 4.79 Å². The number of benzene rings is 1. The van der Waals surface area contributed by atoms with E-state index in [2.05, 4.69) is 5.32 Å². The fourth-order valence-electron chi connectivity index (χ4n) is 1.42. The lowest BCUT2D eigenvalue weighted by Gasteiger charge is -2.05. The zero-order valence-electron chi connectivity index (χ0n) is 10.1. The summed E-state index contributed by atoms with van der Waals surface area (Å²) in [4.78, 5) is 11.0. The summed E-state index contributed by atoms with van der Waals surface area (Å²) in [7, 11) is 0. The van der Waals surface area contributed by atoms with Crippen molar-refractivity contribution in [1.29, 1.82) is 0 Å².